The van der Waals surface area contributed by atoms with E-state index >= 15 is 0 Å². The molecule has 9 heteroatoms. The van der Waals surface area contributed by atoms with E-state index in [-0.39, 0.29) is 11.4 Å². The fourth-order valence-corrected chi connectivity index (χ4v) is 3.72. The molecule has 0 spiro atoms. The van der Waals surface area contributed by atoms with Crippen molar-refractivity contribution in [2.24, 2.45) is 5.73 Å². The highest BCUT2D eigenvalue weighted by atomic mass is 79.9. The molecule has 0 bridgehead atoms. The maximum Gasteiger partial charge on any atom is 0.241 e. The number of halogens is 1. The Morgan fingerprint density at radius 2 is 2.20 bits per heavy atom. The van der Waals surface area contributed by atoms with Crippen LogP contribution in [-0.2, 0) is 23.0 Å². The molecule has 0 amide bonds. The highest BCUT2D eigenvalue weighted by Crippen LogP contribution is 2.23. The van der Waals surface area contributed by atoms with Crippen molar-refractivity contribution >= 4 is 26.0 Å². The first-order chi connectivity index (χ1) is 9.53. The topological polar surface area (TPSA) is 111 Å². The van der Waals surface area contributed by atoms with Gasteiger partial charge in [0.1, 0.15) is 0 Å². The Labute approximate surface area is 124 Å². The lowest BCUT2D eigenvalue weighted by Gasteiger charge is -2.08. The number of sulfonamides is 1. The molecule has 1 aromatic carbocycles. The highest BCUT2D eigenvalue weighted by molar-refractivity contribution is 9.10. The minimum Gasteiger partial charge on any atom is -0.340 e. The first-order valence-corrected chi connectivity index (χ1v) is 8.04. The molecule has 0 aliphatic heterocycles. The summed E-state index contributed by atoms with van der Waals surface area (Å²) < 4.78 is 32.0. The Morgan fingerprint density at radius 1 is 1.40 bits per heavy atom. The Kier molecular flexibility index (Phi) is 4.86. The molecule has 0 saturated carbocycles. The monoisotopic (exact) mass is 360 g/mol. The third-order valence-corrected chi connectivity index (χ3v) is 5.00. The molecule has 0 saturated heterocycles. The Balaban J connectivity index is 2.06. The van der Waals surface area contributed by atoms with Crippen molar-refractivity contribution in [1.29, 1.82) is 0 Å². The van der Waals surface area contributed by atoms with Gasteiger partial charge in [-0.3, -0.25) is 0 Å². The van der Waals surface area contributed by atoms with Crippen LogP contribution in [0.1, 0.15) is 11.5 Å². The lowest BCUT2D eigenvalue weighted by atomic mass is 10.2. The quantitative estimate of drug-likeness (QED) is 0.788. The Morgan fingerprint density at radius 3 is 2.80 bits per heavy atom. The van der Waals surface area contributed by atoms with E-state index in [1.807, 2.05) is 0 Å². The van der Waals surface area contributed by atoms with Crippen molar-refractivity contribution in [1.82, 2.24) is 14.9 Å². The van der Waals surface area contributed by atoms with Crippen molar-refractivity contribution in [2.45, 2.75) is 17.9 Å². The van der Waals surface area contributed by atoms with E-state index < -0.39 is 10.0 Å². The summed E-state index contributed by atoms with van der Waals surface area (Å²) >= 11 is 3.24. The predicted molar refractivity (Wildman–Crippen MR) is 75.2 cm³/mol. The van der Waals surface area contributed by atoms with E-state index in [1.54, 1.807) is 12.1 Å². The molecule has 0 fully saturated rings. The molecule has 1 heterocycles. The summed E-state index contributed by atoms with van der Waals surface area (Å²) in [5.74, 6) is 0.380. The molecule has 108 valence electrons. The van der Waals surface area contributed by atoms with Crippen molar-refractivity contribution in [3.8, 4) is 0 Å². The van der Waals surface area contributed by atoms with E-state index in [2.05, 4.69) is 30.8 Å². The number of aromatic nitrogens is 2. The summed E-state index contributed by atoms with van der Waals surface area (Å²) in [7, 11) is -3.60. The van der Waals surface area contributed by atoms with Crippen LogP contribution in [0, 0.1) is 0 Å². The van der Waals surface area contributed by atoms with Gasteiger partial charge in [-0.2, -0.15) is 4.98 Å². The summed E-state index contributed by atoms with van der Waals surface area (Å²) in [4.78, 5) is 3.98. The van der Waals surface area contributed by atoms with Gasteiger partial charge in [-0.25, -0.2) is 13.1 Å². The van der Waals surface area contributed by atoms with Gasteiger partial charge in [0.25, 0.3) is 0 Å². The molecule has 0 unspecified atom stereocenters. The Bertz CT molecular complexity index is 673. The molecule has 7 nitrogen and oxygen atoms in total. The van der Waals surface area contributed by atoms with Gasteiger partial charge in [0.2, 0.25) is 15.9 Å². The fraction of sp³-hybridized carbons (Fsp3) is 0.273. The standard InChI is InChI=1S/C11H13BrN4O3S/c12-9-5-8(6-13)1-2-10(9)20(17,18)16-4-3-11-14-7-15-19-11/h1-2,5,7,16H,3-4,6,13H2. The number of rotatable bonds is 6. The zero-order valence-corrected chi connectivity index (χ0v) is 12.8. The average molecular weight is 361 g/mol. The average Bonchev–Trinajstić information content (AvgIpc) is 2.91. The second kappa shape index (κ2) is 6.44. The lowest BCUT2D eigenvalue weighted by Crippen LogP contribution is -2.26. The molecule has 2 aromatic rings. The molecule has 1 aromatic heterocycles. The second-order valence-electron chi connectivity index (χ2n) is 3.95. The van der Waals surface area contributed by atoms with E-state index in [1.165, 1.54) is 12.4 Å². The van der Waals surface area contributed by atoms with Crippen LogP contribution in [0.5, 0.6) is 0 Å². The van der Waals surface area contributed by atoms with Crippen molar-refractivity contribution in [3.63, 3.8) is 0 Å². The number of nitrogens with zero attached hydrogens (tertiary/aromatic N) is 2. The Hall–Kier alpha value is -1.29. The number of hydrogen-bond donors (Lipinski definition) is 2. The van der Waals surface area contributed by atoms with Crippen LogP contribution in [0.15, 0.2) is 38.4 Å². The minimum atomic E-state index is -3.60. The van der Waals surface area contributed by atoms with E-state index in [0.717, 1.165) is 5.56 Å². The van der Waals surface area contributed by atoms with Crippen LogP contribution in [0.3, 0.4) is 0 Å². The molecule has 20 heavy (non-hydrogen) atoms. The normalized spacial score (nSPS) is 11.7. The smallest absolute Gasteiger partial charge is 0.241 e. The van der Waals surface area contributed by atoms with Gasteiger partial charge in [-0.1, -0.05) is 11.2 Å². The summed E-state index contributed by atoms with van der Waals surface area (Å²) in [6.07, 6.45) is 1.60. The predicted octanol–water partition coefficient (Wildman–Crippen LogP) is 0.812. The van der Waals surface area contributed by atoms with Crippen molar-refractivity contribution in [3.05, 3.63) is 40.5 Å². The maximum absolute atomic E-state index is 12.1. The molecular weight excluding hydrogens is 348 g/mol. The summed E-state index contributed by atoms with van der Waals surface area (Å²) in [6, 6.07) is 4.88. The van der Waals surface area contributed by atoms with Crippen LogP contribution >= 0.6 is 15.9 Å². The van der Waals surface area contributed by atoms with Gasteiger partial charge in [0.05, 0.1) is 4.90 Å². The van der Waals surface area contributed by atoms with Gasteiger partial charge >= 0.3 is 0 Å². The first kappa shape index (κ1) is 15.1. The molecule has 3 N–H and O–H groups in total. The van der Waals surface area contributed by atoms with Crippen molar-refractivity contribution < 1.29 is 12.9 Å². The van der Waals surface area contributed by atoms with Gasteiger partial charge < -0.3 is 10.3 Å². The van der Waals surface area contributed by atoms with E-state index in [4.69, 9.17) is 10.3 Å². The van der Waals surface area contributed by atoms with Crippen LogP contribution in [0.25, 0.3) is 0 Å². The van der Waals surface area contributed by atoms with E-state index in [9.17, 15) is 8.42 Å². The van der Waals surface area contributed by atoms with Gasteiger partial charge in [0, 0.05) is 24.0 Å². The summed E-state index contributed by atoms with van der Waals surface area (Å²) in [5, 5.41) is 3.45. The van der Waals surface area contributed by atoms with E-state index in [0.29, 0.717) is 23.3 Å². The minimum absolute atomic E-state index is 0.167. The molecule has 0 atom stereocenters. The van der Waals surface area contributed by atoms with Crippen LogP contribution in [0.2, 0.25) is 0 Å². The zero-order valence-electron chi connectivity index (χ0n) is 10.4. The van der Waals surface area contributed by atoms with Gasteiger partial charge in [0.15, 0.2) is 6.33 Å². The second-order valence-corrected chi connectivity index (χ2v) is 6.54. The van der Waals surface area contributed by atoms with Crippen molar-refractivity contribution in [2.75, 3.05) is 6.54 Å². The largest absolute Gasteiger partial charge is 0.340 e. The molecule has 0 aliphatic carbocycles. The number of nitrogens with two attached hydrogens (primary N) is 1. The third-order valence-electron chi connectivity index (χ3n) is 2.56. The lowest BCUT2D eigenvalue weighted by molar-refractivity contribution is 0.377. The highest BCUT2D eigenvalue weighted by Gasteiger charge is 2.17. The third kappa shape index (κ3) is 3.63. The number of nitrogens with one attached hydrogen (secondary N) is 1. The number of benzene rings is 1. The van der Waals surface area contributed by atoms with Crippen LogP contribution < -0.4 is 10.5 Å². The summed E-state index contributed by atoms with van der Waals surface area (Å²) in [5.41, 5.74) is 6.35. The van der Waals surface area contributed by atoms with Crippen LogP contribution in [-0.4, -0.2) is 25.1 Å². The fourth-order valence-electron chi connectivity index (χ4n) is 1.57. The van der Waals surface area contributed by atoms with Crippen LogP contribution in [0.4, 0.5) is 0 Å². The maximum atomic E-state index is 12.1. The molecular formula is C11H13BrN4O3S. The summed E-state index contributed by atoms with van der Waals surface area (Å²) in [6.45, 7) is 0.527. The number of hydrogen-bond acceptors (Lipinski definition) is 6. The van der Waals surface area contributed by atoms with Gasteiger partial charge in [-0.15, -0.1) is 0 Å². The van der Waals surface area contributed by atoms with Gasteiger partial charge in [-0.05, 0) is 33.6 Å². The molecule has 2 rings (SSSR count). The first-order valence-electron chi connectivity index (χ1n) is 5.76. The molecule has 0 radical (unpaired) electrons. The zero-order chi connectivity index (χ0) is 14.6. The molecule has 0 aliphatic rings. The SMILES string of the molecule is NCc1ccc(S(=O)(=O)NCCc2ncno2)c(Br)c1.